The normalized spacial score (nSPS) is 16.6. The van der Waals surface area contributed by atoms with Crippen LogP contribution in [0.2, 0.25) is 0 Å². The molecule has 1 fully saturated rings. The second-order valence-corrected chi connectivity index (χ2v) is 8.34. The maximum atomic E-state index is 13.2. The summed E-state index contributed by atoms with van der Waals surface area (Å²) in [6.07, 6.45) is 3.52. The molecule has 8 heteroatoms. The van der Waals surface area contributed by atoms with Crippen molar-refractivity contribution in [3.8, 4) is 17.0 Å². The van der Waals surface area contributed by atoms with Gasteiger partial charge in [0.25, 0.3) is 5.91 Å². The Balaban J connectivity index is 1.55. The first-order valence-electron chi connectivity index (χ1n) is 10.1. The molecule has 30 heavy (non-hydrogen) atoms. The van der Waals surface area contributed by atoms with E-state index in [4.69, 9.17) is 14.5 Å². The number of piperidine rings is 1. The molecule has 1 unspecified atom stereocenters. The van der Waals surface area contributed by atoms with Crippen LogP contribution in [0.25, 0.3) is 16.2 Å². The van der Waals surface area contributed by atoms with Crippen LogP contribution < -0.4 is 4.74 Å². The Morgan fingerprint density at radius 2 is 2.03 bits per heavy atom. The number of thiazole rings is 1. The lowest BCUT2D eigenvalue weighted by Gasteiger charge is -2.31. The van der Waals surface area contributed by atoms with E-state index in [0.29, 0.717) is 24.6 Å². The summed E-state index contributed by atoms with van der Waals surface area (Å²) in [5, 5.41) is 0. The molecule has 0 N–H and O–H groups in total. The Bertz CT molecular complexity index is 1070. The SMILES string of the molecule is CCOC(=O)C1CCCN(C(=O)c2sc3nc(-c4ccc(OC)cc4)cn3c2C)C1. The Morgan fingerprint density at radius 1 is 1.27 bits per heavy atom. The third kappa shape index (κ3) is 3.79. The molecule has 0 radical (unpaired) electrons. The van der Waals surface area contributed by atoms with Crippen molar-refractivity contribution in [2.45, 2.75) is 26.7 Å². The number of aromatic nitrogens is 2. The number of amides is 1. The molecule has 2 aromatic heterocycles. The summed E-state index contributed by atoms with van der Waals surface area (Å²) in [4.78, 5) is 33.2. The van der Waals surface area contributed by atoms with E-state index in [9.17, 15) is 9.59 Å². The molecule has 7 nitrogen and oxygen atoms in total. The molecule has 0 spiro atoms. The molecule has 0 saturated carbocycles. The van der Waals surface area contributed by atoms with Gasteiger partial charge in [-0.05, 0) is 51.0 Å². The fourth-order valence-corrected chi connectivity index (χ4v) is 4.88. The second-order valence-electron chi connectivity index (χ2n) is 7.37. The van der Waals surface area contributed by atoms with Gasteiger partial charge in [-0.3, -0.25) is 14.0 Å². The average Bonchev–Trinajstić information content (AvgIpc) is 3.33. The largest absolute Gasteiger partial charge is 0.497 e. The molecule has 1 saturated heterocycles. The Morgan fingerprint density at radius 3 is 2.70 bits per heavy atom. The Hall–Kier alpha value is -2.87. The van der Waals surface area contributed by atoms with Crippen LogP contribution in [0.1, 0.15) is 35.1 Å². The lowest BCUT2D eigenvalue weighted by molar-refractivity contribution is -0.149. The van der Waals surface area contributed by atoms with Gasteiger partial charge in [0.2, 0.25) is 0 Å². The van der Waals surface area contributed by atoms with Crippen LogP contribution in [0.5, 0.6) is 5.75 Å². The first-order chi connectivity index (χ1) is 14.5. The zero-order chi connectivity index (χ0) is 21.3. The first-order valence-corrected chi connectivity index (χ1v) is 10.9. The van der Waals surface area contributed by atoms with Crippen molar-refractivity contribution in [1.29, 1.82) is 0 Å². The number of benzene rings is 1. The summed E-state index contributed by atoms with van der Waals surface area (Å²) >= 11 is 1.39. The van der Waals surface area contributed by atoms with Crippen LogP contribution in [0.4, 0.5) is 0 Å². The molecule has 1 aliphatic heterocycles. The van der Waals surface area contributed by atoms with Gasteiger partial charge in [-0.2, -0.15) is 0 Å². The predicted octanol–water partition coefficient (Wildman–Crippen LogP) is 3.80. The van der Waals surface area contributed by atoms with Gasteiger partial charge in [0.05, 0.1) is 25.3 Å². The van der Waals surface area contributed by atoms with Crippen molar-refractivity contribution in [2.24, 2.45) is 5.92 Å². The van der Waals surface area contributed by atoms with Crippen molar-refractivity contribution < 1.29 is 19.1 Å². The fraction of sp³-hybridized carbons (Fsp3) is 0.409. The number of carbonyl (C=O) groups excluding carboxylic acids is 2. The van der Waals surface area contributed by atoms with E-state index < -0.39 is 0 Å². The van der Waals surface area contributed by atoms with Gasteiger partial charge in [-0.25, -0.2) is 4.98 Å². The van der Waals surface area contributed by atoms with Crippen LogP contribution in [0.15, 0.2) is 30.5 Å². The van der Waals surface area contributed by atoms with Crippen molar-refractivity contribution in [2.75, 3.05) is 26.8 Å². The molecule has 4 rings (SSSR count). The standard InChI is InChI=1S/C22H25N3O4S/c1-4-29-21(27)16-6-5-11-24(12-16)20(26)19-14(2)25-13-18(23-22(25)30-19)15-7-9-17(28-3)10-8-15/h7-10,13,16H,4-6,11-12H2,1-3H3. The van der Waals surface area contributed by atoms with Crippen molar-refractivity contribution in [3.63, 3.8) is 0 Å². The molecule has 0 aliphatic carbocycles. The summed E-state index contributed by atoms with van der Waals surface area (Å²) in [6, 6.07) is 7.74. The number of imidazole rings is 1. The van der Waals surface area contributed by atoms with E-state index in [1.54, 1.807) is 18.9 Å². The molecule has 1 atom stereocenters. The third-order valence-electron chi connectivity index (χ3n) is 5.47. The highest BCUT2D eigenvalue weighted by Crippen LogP contribution is 2.30. The third-order valence-corrected chi connectivity index (χ3v) is 6.61. The predicted molar refractivity (Wildman–Crippen MR) is 115 cm³/mol. The van der Waals surface area contributed by atoms with Crippen LogP contribution >= 0.6 is 11.3 Å². The molecule has 1 aliphatic rings. The number of aryl methyl sites for hydroxylation is 1. The number of rotatable bonds is 5. The average molecular weight is 428 g/mol. The summed E-state index contributed by atoms with van der Waals surface area (Å²) in [5.74, 6) is 0.306. The van der Waals surface area contributed by atoms with E-state index in [0.717, 1.165) is 40.5 Å². The molecule has 158 valence electrons. The number of likely N-dealkylation sites (tertiary alicyclic amines) is 1. The number of nitrogens with zero attached hydrogens (tertiary/aromatic N) is 3. The number of ether oxygens (including phenoxy) is 2. The van der Waals surface area contributed by atoms with Crippen LogP contribution in [-0.2, 0) is 9.53 Å². The van der Waals surface area contributed by atoms with E-state index in [2.05, 4.69) is 0 Å². The van der Waals surface area contributed by atoms with E-state index >= 15 is 0 Å². The lowest BCUT2D eigenvalue weighted by atomic mass is 9.98. The van der Waals surface area contributed by atoms with E-state index in [-0.39, 0.29) is 17.8 Å². The minimum Gasteiger partial charge on any atom is -0.497 e. The maximum Gasteiger partial charge on any atom is 0.310 e. The minimum atomic E-state index is -0.242. The summed E-state index contributed by atoms with van der Waals surface area (Å²) in [5.41, 5.74) is 2.71. The number of fused-ring (bicyclic) bond motifs is 1. The van der Waals surface area contributed by atoms with Crippen molar-refractivity contribution in [3.05, 3.63) is 41.0 Å². The zero-order valence-electron chi connectivity index (χ0n) is 17.4. The molecule has 1 aromatic carbocycles. The van der Waals surface area contributed by atoms with Gasteiger partial charge in [0.15, 0.2) is 4.96 Å². The lowest BCUT2D eigenvalue weighted by Crippen LogP contribution is -2.42. The van der Waals surface area contributed by atoms with Crippen LogP contribution in [-0.4, -0.2) is 53.0 Å². The van der Waals surface area contributed by atoms with Crippen molar-refractivity contribution >= 4 is 28.2 Å². The Labute approximate surface area is 179 Å². The molecule has 1 amide bonds. The van der Waals surface area contributed by atoms with E-state index in [1.807, 2.05) is 41.8 Å². The summed E-state index contributed by atoms with van der Waals surface area (Å²) in [6.45, 7) is 5.17. The van der Waals surface area contributed by atoms with E-state index in [1.165, 1.54) is 11.3 Å². The molecular weight excluding hydrogens is 402 g/mol. The zero-order valence-corrected chi connectivity index (χ0v) is 18.2. The van der Waals surface area contributed by atoms with Gasteiger partial charge in [-0.1, -0.05) is 11.3 Å². The second kappa shape index (κ2) is 8.47. The van der Waals surface area contributed by atoms with Crippen molar-refractivity contribution in [1.82, 2.24) is 14.3 Å². The highest BCUT2D eigenvalue weighted by molar-refractivity contribution is 7.19. The topological polar surface area (TPSA) is 73.1 Å². The molecule has 3 aromatic rings. The number of methoxy groups -OCH3 is 1. The highest BCUT2D eigenvalue weighted by atomic mass is 32.1. The monoisotopic (exact) mass is 427 g/mol. The number of carbonyl (C=O) groups is 2. The van der Waals surface area contributed by atoms with Gasteiger partial charge >= 0.3 is 5.97 Å². The number of esters is 1. The van der Waals surface area contributed by atoms with Gasteiger partial charge in [0.1, 0.15) is 10.6 Å². The molecule has 0 bridgehead atoms. The number of hydrogen-bond acceptors (Lipinski definition) is 6. The van der Waals surface area contributed by atoms with Crippen LogP contribution in [0, 0.1) is 12.8 Å². The maximum absolute atomic E-state index is 13.2. The first kappa shape index (κ1) is 20.4. The quantitative estimate of drug-likeness (QED) is 0.579. The van der Waals surface area contributed by atoms with Gasteiger partial charge in [-0.15, -0.1) is 0 Å². The van der Waals surface area contributed by atoms with Gasteiger partial charge < -0.3 is 14.4 Å². The fourth-order valence-electron chi connectivity index (χ4n) is 3.81. The Kier molecular flexibility index (Phi) is 5.76. The molecule has 3 heterocycles. The summed E-state index contributed by atoms with van der Waals surface area (Å²) in [7, 11) is 1.64. The minimum absolute atomic E-state index is 0.0389. The number of hydrogen-bond donors (Lipinski definition) is 0. The highest BCUT2D eigenvalue weighted by Gasteiger charge is 2.31. The molecular formula is C22H25N3O4S. The van der Waals surface area contributed by atoms with Gasteiger partial charge in [0, 0.05) is 30.5 Å². The van der Waals surface area contributed by atoms with Crippen LogP contribution in [0.3, 0.4) is 0 Å². The summed E-state index contributed by atoms with van der Waals surface area (Å²) < 4.78 is 12.3. The smallest absolute Gasteiger partial charge is 0.310 e.